The van der Waals surface area contributed by atoms with Crippen molar-refractivity contribution in [2.45, 2.75) is 0 Å². The lowest BCUT2D eigenvalue weighted by Gasteiger charge is -2.03. The number of halogens is 1. The quantitative estimate of drug-likeness (QED) is 0.302. The summed E-state index contributed by atoms with van der Waals surface area (Å²) in [5.74, 6) is 4.11. The van der Waals surface area contributed by atoms with Crippen LogP contribution < -0.4 is 5.90 Å². The monoisotopic (exact) mass is 129 g/mol. The second-order valence-electron chi connectivity index (χ2n) is 0.743. The largest absolute Gasteiger partial charge is 0.723 e. The van der Waals surface area contributed by atoms with Crippen LogP contribution in [0.3, 0.4) is 0 Å². The summed E-state index contributed by atoms with van der Waals surface area (Å²) in [4.78, 5) is 15.8. The fraction of sp³-hybridized carbons (Fsp3) is 0. The Labute approximate surface area is 39.4 Å². The van der Waals surface area contributed by atoms with Crippen LogP contribution in [0.5, 0.6) is 0 Å². The van der Waals surface area contributed by atoms with Gasteiger partial charge in [-0.15, -0.1) is 0 Å². The van der Waals surface area contributed by atoms with E-state index in [1.807, 2.05) is 0 Å². The van der Waals surface area contributed by atoms with Gasteiger partial charge in [-0.2, -0.15) is 4.63 Å². The Balaban J connectivity index is 3.36. The van der Waals surface area contributed by atoms with E-state index in [4.69, 9.17) is 9.59 Å². The molecule has 0 aliphatic heterocycles. The van der Waals surface area contributed by atoms with Crippen molar-refractivity contribution in [1.82, 2.24) is 0 Å². The summed E-state index contributed by atoms with van der Waals surface area (Å²) in [5, 5.41) is 0. The van der Waals surface area contributed by atoms with Gasteiger partial charge in [0.1, 0.15) is 0 Å². The molecule has 0 fully saturated rings. The van der Waals surface area contributed by atoms with E-state index in [-0.39, 0.29) is 0 Å². The first-order valence-electron chi connectivity index (χ1n) is 1.25. The molecule has 0 spiro atoms. The molecule has 0 aromatic heterocycles. The molecule has 5 nitrogen and oxygen atoms in total. The molecule has 0 aliphatic carbocycles. The molecular formula is H4FNO4Si. The molecular weight excluding hydrogens is 125 g/mol. The lowest BCUT2D eigenvalue weighted by molar-refractivity contribution is -0.124. The maximum Gasteiger partial charge on any atom is 0.723 e. The van der Waals surface area contributed by atoms with Crippen molar-refractivity contribution in [2.24, 2.45) is 5.90 Å². The summed E-state index contributed by atoms with van der Waals surface area (Å²) in [7, 11) is -4.54. The van der Waals surface area contributed by atoms with Crippen molar-refractivity contribution in [3.8, 4) is 0 Å². The third-order valence-electron chi connectivity index (χ3n) is 0.254. The Morgan fingerprint density at radius 1 is 1.57 bits per heavy atom. The fourth-order valence-corrected chi connectivity index (χ4v) is 0.0546. The molecule has 44 valence electrons. The van der Waals surface area contributed by atoms with Crippen LogP contribution >= 0.6 is 0 Å². The number of hydrogen-bond acceptors (Lipinski definition) is 5. The van der Waals surface area contributed by atoms with Crippen molar-refractivity contribution in [3.05, 3.63) is 0 Å². The molecule has 0 bridgehead atoms. The minimum Gasteiger partial charge on any atom is -0.365 e. The van der Waals surface area contributed by atoms with E-state index in [9.17, 15) is 4.53 Å². The first kappa shape index (κ1) is 6.95. The highest BCUT2D eigenvalue weighted by molar-refractivity contribution is 6.49. The molecule has 0 unspecified atom stereocenters. The average molecular weight is 129 g/mol. The van der Waals surface area contributed by atoms with Crippen LogP contribution in [0.4, 0.5) is 4.53 Å². The molecule has 4 N–H and O–H groups in total. The first-order chi connectivity index (χ1) is 3.12. The Bertz CT molecular complexity index is 49.7. The van der Waals surface area contributed by atoms with Crippen molar-refractivity contribution in [3.63, 3.8) is 0 Å². The summed E-state index contributed by atoms with van der Waals surface area (Å²) >= 11 is 0. The smallest absolute Gasteiger partial charge is 0.365 e. The molecule has 0 saturated carbocycles. The molecule has 0 saturated heterocycles. The third kappa shape index (κ3) is 2.62. The van der Waals surface area contributed by atoms with E-state index in [1.165, 1.54) is 0 Å². The zero-order valence-corrected chi connectivity index (χ0v) is 4.17. The van der Waals surface area contributed by atoms with Crippen LogP contribution in [0.25, 0.3) is 0 Å². The van der Waals surface area contributed by atoms with Crippen LogP contribution in [-0.2, 0) is 9.16 Å². The average Bonchev–Trinajstić information content (AvgIpc) is 1.68. The van der Waals surface area contributed by atoms with Gasteiger partial charge in [-0.25, -0.2) is 5.90 Å². The Morgan fingerprint density at radius 2 is 2.00 bits per heavy atom. The fourth-order valence-electron chi connectivity index (χ4n) is 0.0182. The van der Waals surface area contributed by atoms with Gasteiger partial charge in [0.15, 0.2) is 0 Å². The highest BCUT2D eigenvalue weighted by atomic mass is 28.4. The van der Waals surface area contributed by atoms with E-state index in [2.05, 4.69) is 15.1 Å². The molecule has 0 heterocycles. The van der Waals surface area contributed by atoms with Crippen LogP contribution in [0, 0.1) is 0 Å². The third-order valence-corrected chi connectivity index (χ3v) is 0.762. The van der Waals surface area contributed by atoms with Gasteiger partial charge in [-0.3, -0.25) is 4.53 Å². The Morgan fingerprint density at radius 3 is 2.00 bits per heavy atom. The summed E-state index contributed by atoms with van der Waals surface area (Å²) in [6.45, 7) is 0. The van der Waals surface area contributed by atoms with Gasteiger partial charge in [-0.1, -0.05) is 4.53 Å². The zero-order valence-electron chi connectivity index (χ0n) is 3.17. The van der Waals surface area contributed by atoms with Crippen LogP contribution in [0.1, 0.15) is 0 Å². The van der Waals surface area contributed by atoms with E-state index in [1.54, 1.807) is 0 Å². The van der Waals surface area contributed by atoms with Gasteiger partial charge in [0, 0.05) is 0 Å². The van der Waals surface area contributed by atoms with Crippen molar-refractivity contribution in [2.75, 3.05) is 0 Å². The number of nitrogens with two attached hydrogens (primary N) is 1. The number of hydrogen-bond donors (Lipinski definition) is 3. The minimum absolute atomic E-state index is 2.49. The van der Waals surface area contributed by atoms with E-state index in [0.29, 0.717) is 0 Å². The normalized spacial score (nSPS) is 12.0. The van der Waals surface area contributed by atoms with Crippen LogP contribution in [0.15, 0.2) is 0 Å². The van der Waals surface area contributed by atoms with Crippen LogP contribution in [-0.4, -0.2) is 18.6 Å². The number of rotatable bonds is 2. The molecule has 0 amide bonds. The maximum absolute atomic E-state index is 10.6. The highest BCUT2D eigenvalue weighted by Crippen LogP contribution is 1.91. The second kappa shape index (κ2) is 2.30. The summed E-state index contributed by atoms with van der Waals surface area (Å²) in [5.41, 5.74) is 0. The van der Waals surface area contributed by atoms with Gasteiger partial charge < -0.3 is 9.59 Å². The lowest BCUT2D eigenvalue weighted by atomic mass is 13.6. The van der Waals surface area contributed by atoms with Crippen molar-refractivity contribution >= 4 is 9.05 Å². The molecule has 7 heavy (non-hydrogen) atoms. The standard InChI is InChI=1S/FH4NO4Si/c1-5-7(3,4)6-2/h3-4H,2H2. The summed E-state index contributed by atoms with van der Waals surface area (Å²) < 4.78 is 16.4. The molecule has 0 aromatic carbocycles. The topological polar surface area (TPSA) is 84.9 Å². The Hall–Kier alpha value is -0.0531. The predicted octanol–water partition coefficient (Wildman–Crippen LogP) is -1.80. The van der Waals surface area contributed by atoms with E-state index >= 15 is 0 Å². The molecule has 0 aromatic rings. The molecule has 0 aliphatic rings. The lowest BCUT2D eigenvalue weighted by Crippen LogP contribution is -2.42. The second-order valence-corrected chi connectivity index (χ2v) is 2.23. The predicted molar refractivity (Wildman–Crippen MR) is 17.7 cm³/mol. The SMILES string of the molecule is NO[Si](O)(O)OF. The van der Waals surface area contributed by atoms with E-state index in [0.717, 1.165) is 0 Å². The van der Waals surface area contributed by atoms with Gasteiger partial charge in [0.25, 0.3) is 0 Å². The van der Waals surface area contributed by atoms with Gasteiger partial charge >= 0.3 is 9.05 Å². The van der Waals surface area contributed by atoms with Gasteiger partial charge in [0.2, 0.25) is 0 Å². The summed E-state index contributed by atoms with van der Waals surface area (Å²) in [6, 6.07) is 0. The zero-order chi connectivity index (χ0) is 5.91. The van der Waals surface area contributed by atoms with Crippen molar-refractivity contribution in [1.29, 1.82) is 0 Å². The summed E-state index contributed by atoms with van der Waals surface area (Å²) in [6.07, 6.45) is 0. The molecule has 0 rings (SSSR count). The maximum atomic E-state index is 10.6. The van der Waals surface area contributed by atoms with Gasteiger partial charge in [0.05, 0.1) is 0 Å². The first-order valence-corrected chi connectivity index (χ1v) is 2.96. The van der Waals surface area contributed by atoms with Gasteiger partial charge in [-0.05, 0) is 0 Å². The molecule has 0 atom stereocenters. The van der Waals surface area contributed by atoms with Crippen LogP contribution in [0.2, 0.25) is 0 Å². The minimum atomic E-state index is -4.54. The molecule has 7 heteroatoms. The van der Waals surface area contributed by atoms with Crippen molar-refractivity contribution < 1.29 is 23.3 Å². The Kier molecular flexibility index (Phi) is 2.29. The van der Waals surface area contributed by atoms with E-state index < -0.39 is 9.05 Å². The molecule has 0 radical (unpaired) electrons. The highest BCUT2D eigenvalue weighted by Gasteiger charge is 2.37.